The Hall–Kier alpha value is -1.42. The Morgan fingerprint density at radius 2 is 2.12 bits per heavy atom. The van der Waals surface area contributed by atoms with E-state index in [1.165, 1.54) is 0 Å². The van der Waals surface area contributed by atoms with E-state index in [9.17, 15) is 0 Å². The average molecular weight is 221 g/mol. The number of nitrogen functional groups attached to an aromatic ring is 2. The monoisotopic (exact) mass is 221 g/mol. The van der Waals surface area contributed by atoms with E-state index in [2.05, 4.69) is 11.8 Å². The second-order valence-corrected chi connectivity index (χ2v) is 4.29. The highest BCUT2D eigenvalue weighted by Gasteiger charge is 2.15. The molecule has 0 bridgehead atoms. The van der Waals surface area contributed by atoms with Crippen molar-refractivity contribution < 1.29 is 4.74 Å². The van der Waals surface area contributed by atoms with E-state index in [4.69, 9.17) is 16.2 Å². The van der Waals surface area contributed by atoms with Crippen LogP contribution in [-0.2, 0) is 4.74 Å². The molecule has 0 aromatic heterocycles. The van der Waals surface area contributed by atoms with Crippen molar-refractivity contribution in [3.8, 4) is 0 Å². The van der Waals surface area contributed by atoms with E-state index in [0.717, 1.165) is 31.8 Å². The van der Waals surface area contributed by atoms with Gasteiger partial charge in [0.2, 0.25) is 0 Å². The fourth-order valence-electron chi connectivity index (χ4n) is 1.99. The van der Waals surface area contributed by atoms with Crippen molar-refractivity contribution in [1.29, 1.82) is 0 Å². The van der Waals surface area contributed by atoms with Crippen LogP contribution in [-0.4, -0.2) is 25.8 Å². The molecule has 0 aliphatic carbocycles. The average Bonchev–Trinajstić information content (AvgIpc) is 2.47. The molecule has 1 fully saturated rings. The van der Waals surface area contributed by atoms with Gasteiger partial charge in [-0.05, 0) is 31.5 Å². The first kappa shape index (κ1) is 11.1. The summed E-state index contributed by atoms with van der Waals surface area (Å²) in [5.74, 6) is 0. The summed E-state index contributed by atoms with van der Waals surface area (Å²) in [5, 5.41) is 0. The first-order valence-electron chi connectivity index (χ1n) is 5.68. The smallest absolute Gasteiger partial charge is 0.0721 e. The van der Waals surface area contributed by atoms with Crippen molar-refractivity contribution in [3.63, 3.8) is 0 Å². The van der Waals surface area contributed by atoms with Crippen molar-refractivity contribution in [3.05, 3.63) is 18.2 Å². The molecule has 1 aromatic carbocycles. The number of rotatable bonds is 1. The molecular formula is C12H19N3O. The normalized spacial score (nSPS) is 21.8. The van der Waals surface area contributed by atoms with Crippen LogP contribution in [0, 0.1) is 0 Å². The topological polar surface area (TPSA) is 64.5 Å². The minimum atomic E-state index is 0.265. The molecule has 1 aliphatic heterocycles. The molecule has 0 spiro atoms. The lowest BCUT2D eigenvalue weighted by atomic mass is 10.2. The van der Waals surface area contributed by atoms with Gasteiger partial charge in [-0.2, -0.15) is 0 Å². The lowest BCUT2D eigenvalue weighted by Crippen LogP contribution is -2.30. The molecule has 1 saturated heterocycles. The fourth-order valence-corrected chi connectivity index (χ4v) is 1.99. The minimum Gasteiger partial charge on any atom is -0.397 e. The van der Waals surface area contributed by atoms with Gasteiger partial charge in [0.25, 0.3) is 0 Å². The van der Waals surface area contributed by atoms with Crippen LogP contribution in [0.3, 0.4) is 0 Å². The second-order valence-electron chi connectivity index (χ2n) is 4.29. The minimum absolute atomic E-state index is 0.265. The third-order valence-corrected chi connectivity index (χ3v) is 2.89. The number of hydrogen-bond donors (Lipinski definition) is 2. The Kier molecular flexibility index (Phi) is 3.19. The number of nitrogens with two attached hydrogens (primary N) is 2. The highest BCUT2D eigenvalue weighted by molar-refractivity contribution is 5.69. The highest BCUT2D eigenvalue weighted by atomic mass is 16.5. The summed E-state index contributed by atoms with van der Waals surface area (Å²) in [6, 6.07) is 5.82. The molecule has 2 rings (SSSR count). The van der Waals surface area contributed by atoms with Gasteiger partial charge in [-0.25, -0.2) is 0 Å². The summed E-state index contributed by atoms with van der Waals surface area (Å²) in [7, 11) is 0. The molecule has 88 valence electrons. The molecular weight excluding hydrogens is 202 g/mol. The van der Waals surface area contributed by atoms with Gasteiger partial charge < -0.3 is 21.1 Å². The summed E-state index contributed by atoms with van der Waals surface area (Å²) in [6.45, 7) is 4.85. The van der Waals surface area contributed by atoms with Crippen LogP contribution in [0.5, 0.6) is 0 Å². The van der Waals surface area contributed by atoms with Crippen molar-refractivity contribution in [1.82, 2.24) is 0 Å². The highest BCUT2D eigenvalue weighted by Crippen LogP contribution is 2.24. The van der Waals surface area contributed by atoms with Crippen LogP contribution < -0.4 is 16.4 Å². The van der Waals surface area contributed by atoms with Gasteiger partial charge in [0.05, 0.1) is 17.5 Å². The lowest BCUT2D eigenvalue weighted by molar-refractivity contribution is 0.0821. The second kappa shape index (κ2) is 4.61. The first-order valence-corrected chi connectivity index (χ1v) is 5.68. The number of benzene rings is 1. The van der Waals surface area contributed by atoms with Crippen LogP contribution in [0.4, 0.5) is 17.1 Å². The molecule has 1 aromatic rings. The van der Waals surface area contributed by atoms with Gasteiger partial charge in [-0.15, -0.1) is 0 Å². The third kappa shape index (κ3) is 2.39. The van der Waals surface area contributed by atoms with E-state index in [1.807, 2.05) is 18.2 Å². The van der Waals surface area contributed by atoms with Crippen molar-refractivity contribution >= 4 is 17.1 Å². The predicted molar refractivity (Wildman–Crippen MR) is 67.5 cm³/mol. The molecule has 1 unspecified atom stereocenters. The molecule has 16 heavy (non-hydrogen) atoms. The molecule has 4 N–H and O–H groups in total. The molecule has 4 heteroatoms. The van der Waals surface area contributed by atoms with E-state index in [1.54, 1.807) is 0 Å². The van der Waals surface area contributed by atoms with Crippen LogP contribution in [0.15, 0.2) is 18.2 Å². The maximum absolute atomic E-state index is 5.82. The van der Waals surface area contributed by atoms with Crippen molar-refractivity contribution in [2.45, 2.75) is 19.4 Å². The van der Waals surface area contributed by atoms with E-state index < -0.39 is 0 Å². The molecule has 0 radical (unpaired) electrons. The fraction of sp³-hybridized carbons (Fsp3) is 0.500. The Labute approximate surface area is 96.2 Å². The van der Waals surface area contributed by atoms with Gasteiger partial charge >= 0.3 is 0 Å². The Bertz CT molecular complexity index is 367. The van der Waals surface area contributed by atoms with Crippen LogP contribution >= 0.6 is 0 Å². The number of anilines is 3. The van der Waals surface area contributed by atoms with Crippen LogP contribution in [0.1, 0.15) is 13.3 Å². The quantitative estimate of drug-likeness (QED) is 0.705. The summed E-state index contributed by atoms with van der Waals surface area (Å²) < 4.78 is 5.61. The van der Waals surface area contributed by atoms with Gasteiger partial charge in [0.15, 0.2) is 0 Å². The first-order chi connectivity index (χ1) is 7.66. The zero-order valence-corrected chi connectivity index (χ0v) is 9.65. The Balaban J connectivity index is 2.18. The van der Waals surface area contributed by atoms with Crippen LogP contribution in [0.2, 0.25) is 0 Å². The van der Waals surface area contributed by atoms with Gasteiger partial charge in [-0.1, -0.05) is 0 Å². The maximum Gasteiger partial charge on any atom is 0.0721 e. The van der Waals surface area contributed by atoms with Crippen molar-refractivity contribution in [2.24, 2.45) is 0 Å². The predicted octanol–water partition coefficient (Wildman–Crippen LogP) is 1.47. The standard InChI is InChI=1S/C12H19N3O/c1-9-8-15(5-2-6-16-9)10-3-4-11(13)12(14)7-10/h3-4,7,9H,2,5-6,8,13-14H2,1H3. The summed E-state index contributed by atoms with van der Waals surface area (Å²) in [5.41, 5.74) is 13.9. The number of nitrogens with zero attached hydrogens (tertiary/aromatic N) is 1. The summed E-state index contributed by atoms with van der Waals surface area (Å²) in [4.78, 5) is 2.30. The zero-order chi connectivity index (χ0) is 11.5. The Morgan fingerprint density at radius 3 is 2.88 bits per heavy atom. The Morgan fingerprint density at radius 1 is 1.31 bits per heavy atom. The summed E-state index contributed by atoms with van der Waals surface area (Å²) >= 11 is 0. The van der Waals surface area contributed by atoms with Crippen LogP contribution in [0.25, 0.3) is 0 Å². The van der Waals surface area contributed by atoms with E-state index in [0.29, 0.717) is 11.4 Å². The molecule has 0 saturated carbocycles. The van der Waals surface area contributed by atoms with E-state index in [-0.39, 0.29) is 6.10 Å². The lowest BCUT2D eigenvalue weighted by Gasteiger charge is -2.24. The maximum atomic E-state index is 5.82. The molecule has 4 nitrogen and oxygen atoms in total. The molecule has 1 heterocycles. The van der Waals surface area contributed by atoms with E-state index >= 15 is 0 Å². The van der Waals surface area contributed by atoms with Crippen molar-refractivity contribution in [2.75, 3.05) is 36.1 Å². The van der Waals surface area contributed by atoms with Gasteiger partial charge in [0.1, 0.15) is 0 Å². The molecule has 0 amide bonds. The van der Waals surface area contributed by atoms with Gasteiger partial charge in [0, 0.05) is 25.4 Å². The third-order valence-electron chi connectivity index (χ3n) is 2.89. The largest absolute Gasteiger partial charge is 0.397 e. The number of ether oxygens (including phenoxy) is 1. The zero-order valence-electron chi connectivity index (χ0n) is 9.65. The molecule has 1 atom stereocenters. The van der Waals surface area contributed by atoms with Gasteiger partial charge in [-0.3, -0.25) is 0 Å². The molecule has 1 aliphatic rings. The summed E-state index contributed by atoms with van der Waals surface area (Å²) in [6.07, 6.45) is 1.32. The SMILES string of the molecule is CC1CN(c2ccc(N)c(N)c2)CCCO1. The number of hydrogen-bond acceptors (Lipinski definition) is 4.